The van der Waals surface area contributed by atoms with Crippen molar-refractivity contribution in [3.8, 4) is 55.6 Å². The number of nitrogens with zero attached hydrogens (tertiary/aromatic N) is 1. The molecule has 0 spiro atoms. The average Bonchev–Trinajstić information content (AvgIpc) is 3.75. The smallest absolute Gasteiger partial charge is 0.136 e. The van der Waals surface area contributed by atoms with E-state index in [0.717, 1.165) is 61.3 Å². The Morgan fingerprint density at radius 3 is 1.55 bits per heavy atom. The van der Waals surface area contributed by atoms with Crippen molar-refractivity contribution < 1.29 is 4.42 Å². The van der Waals surface area contributed by atoms with Gasteiger partial charge in [-0.15, -0.1) is 0 Å². The second-order valence-corrected chi connectivity index (χ2v) is 16.4. The third kappa shape index (κ3) is 6.61. The highest BCUT2D eigenvalue weighted by molar-refractivity contribution is 6.07. The number of para-hydroxylation sites is 3. The molecule has 0 saturated carbocycles. The van der Waals surface area contributed by atoms with Crippen molar-refractivity contribution in [1.29, 1.82) is 0 Å². The van der Waals surface area contributed by atoms with Crippen LogP contribution in [0.3, 0.4) is 0 Å². The van der Waals surface area contributed by atoms with Crippen molar-refractivity contribution in [2.75, 3.05) is 4.90 Å². The standard InChI is InChI=1S/C62H41NO/c1-2-16-47-40-48(33-30-42(47)14-1)53-19-5-6-21-55(53)56-22-8-11-26-60(56)63(59-25-10-7-20-54(59)49-36-39-58-57-23-9-12-27-61(57)64-62(58)41-49)50-37-34-44(35-38-50)43-28-31-46(32-29-43)52-24-13-17-45-15-3-4-18-51(45)52/h1-41H. The molecule has 12 rings (SSSR count). The topological polar surface area (TPSA) is 16.4 Å². The highest BCUT2D eigenvalue weighted by atomic mass is 16.3. The normalized spacial score (nSPS) is 11.4. The number of furan rings is 1. The van der Waals surface area contributed by atoms with Gasteiger partial charge in [0, 0.05) is 27.6 Å². The molecule has 0 unspecified atom stereocenters. The molecular weight excluding hydrogens is 775 g/mol. The number of hydrogen-bond donors (Lipinski definition) is 0. The lowest BCUT2D eigenvalue weighted by Crippen LogP contribution is -2.12. The molecular formula is C62H41NO. The fourth-order valence-electron chi connectivity index (χ4n) is 9.56. The van der Waals surface area contributed by atoms with E-state index in [9.17, 15) is 0 Å². The Bertz CT molecular complexity index is 3670. The van der Waals surface area contributed by atoms with E-state index < -0.39 is 0 Å². The first-order chi connectivity index (χ1) is 31.7. The molecule has 11 aromatic carbocycles. The van der Waals surface area contributed by atoms with Gasteiger partial charge in [-0.25, -0.2) is 0 Å². The van der Waals surface area contributed by atoms with Crippen LogP contribution in [0.1, 0.15) is 0 Å². The van der Waals surface area contributed by atoms with Gasteiger partial charge < -0.3 is 9.32 Å². The Morgan fingerprint density at radius 2 is 0.750 bits per heavy atom. The summed E-state index contributed by atoms with van der Waals surface area (Å²) < 4.78 is 6.44. The summed E-state index contributed by atoms with van der Waals surface area (Å²) >= 11 is 0. The van der Waals surface area contributed by atoms with E-state index in [1.807, 2.05) is 12.1 Å². The van der Waals surface area contributed by atoms with Crippen molar-refractivity contribution in [3.05, 3.63) is 249 Å². The van der Waals surface area contributed by atoms with Crippen LogP contribution >= 0.6 is 0 Å². The molecule has 0 saturated heterocycles. The van der Waals surface area contributed by atoms with Gasteiger partial charge in [-0.3, -0.25) is 0 Å². The van der Waals surface area contributed by atoms with Crippen LogP contribution < -0.4 is 4.90 Å². The van der Waals surface area contributed by atoms with Crippen molar-refractivity contribution in [3.63, 3.8) is 0 Å². The van der Waals surface area contributed by atoms with Crippen LogP contribution in [-0.2, 0) is 0 Å². The molecule has 1 aromatic heterocycles. The first-order valence-corrected chi connectivity index (χ1v) is 21.9. The molecule has 2 nitrogen and oxygen atoms in total. The SMILES string of the molecule is c1ccc(-c2ccccc2N(c2ccc(-c3ccc(-c4cccc5ccccc45)cc3)cc2)c2ccccc2-c2ccc3c(c2)oc2ccccc23)c(-c2ccc3ccccc3c2)c1. The van der Waals surface area contributed by atoms with Crippen LogP contribution in [0.25, 0.3) is 99.1 Å². The van der Waals surface area contributed by atoms with E-state index >= 15 is 0 Å². The monoisotopic (exact) mass is 815 g/mol. The molecule has 0 fully saturated rings. The minimum absolute atomic E-state index is 0.876. The maximum absolute atomic E-state index is 6.44. The third-order valence-electron chi connectivity index (χ3n) is 12.7. The van der Waals surface area contributed by atoms with E-state index in [1.165, 1.54) is 54.9 Å². The molecule has 0 N–H and O–H groups in total. The van der Waals surface area contributed by atoms with Crippen LogP contribution in [-0.4, -0.2) is 0 Å². The summed E-state index contributed by atoms with van der Waals surface area (Å²) in [6.45, 7) is 0. The molecule has 0 radical (unpaired) electrons. The van der Waals surface area contributed by atoms with Crippen molar-refractivity contribution >= 4 is 60.5 Å². The molecule has 300 valence electrons. The lowest BCUT2D eigenvalue weighted by atomic mass is 9.91. The lowest BCUT2D eigenvalue weighted by Gasteiger charge is -2.30. The molecule has 1 heterocycles. The van der Waals surface area contributed by atoms with E-state index in [1.54, 1.807) is 0 Å². The summed E-state index contributed by atoms with van der Waals surface area (Å²) in [6, 6.07) is 89.8. The zero-order valence-electron chi connectivity index (χ0n) is 35.0. The van der Waals surface area contributed by atoms with Gasteiger partial charge in [-0.2, -0.15) is 0 Å². The number of rotatable bonds is 8. The molecule has 2 heteroatoms. The lowest BCUT2D eigenvalue weighted by molar-refractivity contribution is 0.669. The molecule has 0 aliphatic rings. The van der Waals surface area contributed by atoms with Gasteiger partial charge in [0.15, 0.2) is 0 Å². The average molecular weight is 816 g/mol. The quantitative estimate of drug-likeness (QED) is 0.152. The van der Waals surface area contributed by atoms with E-state index in [-0.39, 0.29) is 0 Å². The minimum atomic E-state index is 0.876. The largest absolute Gasteiger partial charge is 0.456 e. The Balaban J connectivity index is 0.998. The van der Waals surface area contributed by atoms with E-state index in [0.29, 0.717) is 0 Å². The maximum atomic E-state index is 6.44. The number of benzene rings is 11. The van der Waals surface area contributed by atoms with Gasteiger partial charge in [0.1, 0.15) is 11.2 Å². The van der Waals surface area contributed by atoms with Crippen LogP contribution in [0, 0.1) is 0 Å². The summed E-state index contributed by atoms with van der Waals surface area (Å²) in [6.07, 6.45) is 0. The highest BCUT2D eigenvalue weighted by Crippen LogP contribution is 2.47. The Kier molecular flexibility index (Phi) is 9.20. The molecule has 0 atom stereocenters. The van der Waals surface area contributed by atoms with Crippen molar-refractivity contribution in [2.45, 2.75) is 0 Å². The molecule has 0 aliphatic heterocycles. The molecule has 64 heavy (non-hydrogen) atoms. The fourth-order valence-corrected chi connectivity index (χ4v) is 9.56. The maximum Gasteiger partial charge on any atom is 0.136 e. The molecule has 0 bridgehead atoms. The van der Waals surface area contributed by atoms with Crippen LogP contribution in [0.2, 0.25) is 0 Å². The van der Waals surface area contributed by atoms with Crippen LogP contribution in [0.4, 0.5) is 17.1 Å². The van der Waals surface area contributed by atoms with E-state index in [4.69, 9.17) is 4.42 Å². The van der Waals surface area contributed by atoms with Crippen LogP contribution in [0.5, 0.6) is 0 Å². The number of fused-ring (bicyclic) bond motifs is 5. The van der Waals surface area contributed by atoms with Gasteiger partial charge in [0.2, 0.25) is 0 Å². The predicted molar refractivity (Wildman–Crippen MR) is 271 cm³/mol. The predicted octanol–water partition coefficient (Wildman–Crippen LogP) is 17.7. The van der Waals surface area contributed by atoms with Gasteiger partial charge in [-0.1, -0.05) is 200 Å². The van der Waals surface area contributed by atoms with Gasteiger partial charge in [0.25, 0.3) is 0 Å². The molecule has 0 amide bonds. The number of anilines is 3. The van der Waals surface area contributed by atoms with Crippen LogP contribution in [0.15, 0.2) is 253 Å². The number of hydrogen-bond acceptors (Lipinski definition) is 2. The van der Waals surface area contributed by atoms with Gasteiger partial charge >= 0.3 is 0 Å². The second-order valence-electron chi connectivity index (χ2n) is 16.4. The first-order valence-electron chi connectivity index (χ1n) is 21.9. The summed E-state index contributed by atoms with van der Waals surface area (Å²) in [5.74, 6) is 0. The molecule has 0 aliphatic carbocycles. The molecule has 12 aromatic rings. The van der Waals surface area contributed by atoms with Gasteiger partial charge in [-0.05, 0) is 115 Å². The Hall–Kier alpha value is -8.46. The Labute approximate surface area is 372 Å². The minimum Gasteiger partial charge on any atom is -0.456 e. The summed E-state index contributed by atoms with van der Waals surface area (Å²) in [7, 11) is 0. The summed E-state index contributed by atoms with van der Waals surface area (Å²) in [5, 5.41) is 7.21. The first kappa shape index (κ1) is 37.3. The summed E-state index contributed by atoms with van der Waals surface area (Å²) in [4.78, 5) is 2.43. The second kappa shape index (κ2) is 15.8. The third-order valence-corrected chi connectivity index (χ3v) is 12.7. The zero-order chi connectivity index (χ0) is 42.4. The van der Waals surface area contributed by atoms with Crippen molar-refractivity contribution in [1.82, 2.24) is 0 Å². The van der Waals surface area contributed by atoms with E-state index in [2.05, 4.69) is 241 Å². The van der Waals surface area contributed by atoms with Gasteiger partial charge in [0.05, 0.1) is 11.4 Å². The van der Waals surface area contributed by atoms with Crippen molar-refractivity contribution in [2.24, 2.45) is 0 Å². The highest BCUT2D eigenvalue weighted by Gasteiger charge is 2.22. The summed E-state index contributed by atoms with van der Waals surface area (Å²) in [5.41, 5.74) is 16.6. The fraction of sp³-hybridized carbons (Fsp3) is 0. The zero-order valence-corrected chi connectivity index (χ0v) is 35.0. The Morgan fingerprint density at radius 1 is 0.250 bits per heavy atom.